The van der Waals surface area contributed by atoms with E-state index in [9.17, 15) is 19.1 Å². The van der Waals surface area contributed by atoms with Gasteiger partial charge in [0.25, 0.3) is 5.91 Å². The predicted octanol–water partition coefficient (Wildman–Crippen LogP) is 2.90. The summed E-state index contributed by atoms with van der Waals surface area (Å²) in [7, 11) is 0. The normalized spacial score (nSPS) is 11.6. The molecule has 25 heavy (non-hydrogen) atoms. The summed E-state index contributed by atoms with van der Waals surface area (Å²) in [6.45, 7) is 2.43. The van der Waals surface area contributed by atoms with Crippen molar-refractivity contribution in [3.63, 3.8) is 0 Å². The number of hydrogen-bond acceptors (Lipinski definition) is 3. The van der Waals surface area contributed by atoms with E-state index in [1.54, 1.807) is 12.1 Å². The van der Waals surface area contributed by atoms with Crippen LogP contribution in [0.2, 0.25) is 0 Å². The van der Waals surface area contributed by atoms with Crippen LogP contribution in [0.5, 0.6) is 5.75 Å². The van der Waals surface area contributed by atoms with Gasteiger partial charge in [0.05, 0.1) is 12.5 Å². The maximum atomic E-state index is 12.9. The number of hydrogen-bond donors (Lipinski definition) is 2. The van der Waals surface area contributed by atoms with Crippen LogP contribution < -0.4 is 10.1 Å². The molecule has 0 saturated heterocycles. The standard InChI is InChI=1S/C19H20FNO4/c1-2-25-17-9-3-13(4-10-17)11-15(19(23)24)12-21-18(22)14-5-7-16(20)8-6-14/h3-10,15H,2,11-12H2,1H3,(H,21,22)(H,23,24). The van der Waals surface area contributed by atoms with E-state index in [0.717, 1.165) is 11.3 Å². The Bertz CT molecular complexity index is 713. The third kappa shape index (κ3) is 5.60. The van der Waals surface area contributed by atoms with Crippen molar-refractivity contribution in [2.75, 3.05) is 13.2 Å². The summed E-state index contributed by atoms with van der Waals surface area (Å²) in [5.74, 6) is -1.90. The maximum absolute atomic E-state index is 12.9. The summed E-state index contributed by atoms with van der Waals surface area (Å²) in [5, 5.41) is 12.0. The number of amides is 1. The zero-order valence-corrected chi connectivity index (χ0v) is 13.9. The van der Waals surface area contributed by atoms with Gasteiger partial charge in [-0.05, 0) is 55.3 Å². The largest absolute Gasteiger partial charge is 0.494 e. The number of aliphatic carboxylic acids is 1. The number of benzene rings is 2. The predicted molar refractivity (Wildman–Crippen MR) is 91.2 cm³/mol. The number of carbonyl (C=O) groups excluding carboxylic acids is 1. The van der Waals surface area contributed by atoms with Gasteiger partial charge in [-0.15, -0.1) is 0 Å². The van der Waals surface area contributed by atoms with Gasteiger partial charge in [0.2, 0.25) is 0 Å². The zero-order chi connectivity index (χ0) is 18.2. The van der Waals surface area contributed by atoms with E-state index in [1.165, 1.54) is 24.3 Å². The molecule has 1 amide bonds. The quantitative estimate of drug-likeness (QED) is 0.771. The molecule has 2 rings (SSSR count). The van der Waals surface area contributed by atoms with Crippen molar-refractivity contribution >= 4 is 11.9 Å². The van der Waals surface area contributed by atoms with Crippen molar-refractivity contribution in [2.24, 2.45) is 5.92 Å². The summed E-state index contributed by atoms with van der Waals surface area (Å²) >= 11 is 0. The van der Waals surface area contributed by atoms with Crippen LogP contribution in [0, 0.1) is 11.7 Å². The Kier molecular flexibility index (Phi) is 6.51. The topological polar surface area (TPSA) is 75.6 Å². The minimum absolute atomic E-state index is 0.0151. The average Bonchev–Trinajstić information content (AvgIpc) is 2.60. The van der Waals surface area contributed by atoms with Crippen molar-refractivity contribution in [2.45, 2.75) is 13.3 Å². The second kappa shape index (κ2) is 8.82. The van der Waals surface area contributed by atoms with Gasteiger partial charge in [0.1, 0.15) is 11.6 Å². The third-order valence-electron chi connectivity index (χ3n) is 3.68. The highest BCUT2D eigenvalue weighted by Gasteiger charge is 2.19. The molecule has 6 heteroatoms. The van der Waals surface area contributed by atoms with Gasteiger partial charge >= 0.3 is 5.97 Å². The number of nitrogens with one attached hydrogen (secondary N) is 1. The van der Waals surface area contributed by atoms with Crippen LogP contribution in [0.25, 0.3) is 0 Å². The Morgan fingerprint density at radius 1 is 1.12 bits per heavy atom. The van der Waals surface area contributed by atoms with Crippen LogP contribution in [0.4, 0.5) is 4.39 Å². The molecular formula is C19H20FNO4. The lowest BCUT2D eigenvalue weighted by Crippen LogP contribution is -2.34. The number of rotatable bonds is 8. The second-order valence-electron chi connectivity index (χ2n) is 5.53. The summed E-state index contributed by atoms with van der Waals surface area (Å²) in [6.07, 6.45) is 0.283. The monoisotopic (exact) mass is 345 g/mol. The van der Waals surface area contributed by atoms with E-state index < -0.39 is 23.6 Å². The Morgan fingerprint density at radius 2 is 1.76 bits per heavy atom. The number of carboxylic acids is 1. The molecule has 5 nitrogen and oxygen atoms in total. The van der Waals surface area contributed by atoms with Crippen molar-refractivity contribution < 1.29 is 23.8 Å². The smallest absolute Gasteiger partial charge is 0.308 e. The molecule has 0 aromatic heterocycles. The van der Waals surface area contributed by atoms with Crippen LogP contribution in [-0.4, -0.2) is 30.1 Å². The summed E-state index contributed by atoms with van der Waals surface area (Å²) in [6, 6.07) is 12.3. The maximum Gasteiger partial charge on any atom is 0.308 e. The van der Waals surface area contributed by atoms with E-state index in [1.807, 2.05) is 19.1 Å². The molecule has 0 bridgehead atoms. The fraction of sp³-hybridized carbons (Fsp3) is 0.263. The lowest BCUT2D eigenvalue weighted by molar-refractivity contribution is -0.141. The van der Waals surface area contributed by atoms with E-state index >= 15 is 0 Å². The lowest BCUT2D eigenvalue weighted by Gasteiger charge is -2.14. The van der Waals surface area contributed by atoms with Crippen LogP contribution in [0.1, 0.15) is 22.8 Å². The molecule has 2 aromatic rings. The van der Waals surface area contributed by atoms with Gasteiger partial charge in [0, 0.05) is 12.1 Å². The van der Waals surface area contributed by atoms with Gasteiger partial charge in [-0.25, -0.2) is 4.39 Å². The number of carbonyl (C=O) groups is 2. The second-order valence-corrected chi connectivity index (χ2v) is 5.53. The summed E-state index contributed by atoms with van der Waals surface area (Å²) in [4.78, 5) is 23.5. The van der Waals surface area contributed by atoms with Crippen molar-refractivity contribution in [1.82, 2.24) is 5.32 Å². The first-order chi connectivity index (χ1) is 12.0. The van der Waals surface area contributed by atoms with Crippen LogP contribution >= 0.6 is 0 Å². The lowest BCUT2D eigenvalue weighted by atomic mass is 9.99. The number of halogens is 1. The molecule has 2 N–H and O–H groups in total. The Hall–Kier alpha value is -2.89. The zero-order valence-electron chi connectivity index (χ0n) is 13.9. The van der Waals surface area contributed by atoms with Gasteiger partial charge in [0.15, 0.2) is 0 Å². The Morgan fingerprint density at radius 3 is 2.32 bits per heavy atom. The molecule has 132 valence electrons. The van der Waals surface area contributed by atoms with Gasteiger partial charge in [-0.3, -0.25) is 9.59 Å². The first-order valence-corrected chi connectivity index (χ1v) is 7.98. The molecule has 2 aromatic carbocycles. The SMILES string of the molecule is CCOc1ccc(CC(CNC(=O)c2ccc(F)cc2)C(=O)O)cc1. The molecule has 0 saturated carbocycles. The van der Waals surface area contributed by atoms with Gasteiger partial charge in [-0.1, -0.05) is 12.1 Å². The summed E-state index contributed by atoms with van der Waals surface area (Å²) in [5.41, 5.74) is 1.12. The molecule has 0 aliphatic rings. The molecule has 1 atom stereocenters. The van der Waals surface area contributed by atoms with Crippen molar-refractivity contribution in [3.8, 4) is 5.75 Å². The molecular weight excluding hydrogens is 325 g/mol. The minimum atomic E-state index is -0.992. The first-order valence-electron chi connectivity index (χ1n) is 7.98. The minimum Gasteiger partial charge on any atom is -0.494 e. The van der Waals surface area contributed by atoms with Crippen LogP contribution in [-0.2, 0) is 11.2 Å². The van der Waals surface area contributed by atoms with E-state index in [0.29, 0.717) is 6.61 Å². The Balaban J connectivity index is 1.95. The van der Waals surface area contributed by atoms with E-state index in [2.05, 4.69) is 5.32 Å². The van der Waals surface area contributed by atoms with Crippen molar-refractivity contribution in [3.05, 3.63) is 65.5 Å². The molecule has 0 aliphatic heterocycles. The fourth-order valence-electron chi connectivity index (χ4n) is 2.34. The fourth-order valence-corrected chi connectivity index (χ4v) is 2.34. The van der Waals surface area contributed by atoms with Crippen LogP contribution in [0.15, 0.2) is 48.5 Å². The van der Waals surface area contributed by atoms with Crippen molar-refractivity contribution in [1.29, 1.82) is 0 Å². The average molecular weight is 345 g/mol. The first kappa shape index (κ1) is 18.4. The molecule has 0 aliphatic carbocycles. The number of ether oxygens (including phenoxy) is 1. The molecule has 1 unspecified atom stereocenters. The summed E-state index contributed by atoms with van der Waals surface area (Å²) < 4.78 is 18.2. The highest BCUT2D eigenvalue weighted by molar-refractivity contribution is 5.94. The third-order valence-corrected chi connectivity index (χ3v) is 3.68. The highest BCUT2D eigenvalue weighted by atomic mass is 19.1. The molecule has 0 radical (unpaired) electrons. The Labute approximate surface area is 145 Å². The highest BCUT2D eigenvalue weighted by Crippen LogP contribution is 2.15. The number of carboxylic acid groups (broad SMARTS) is 1. The van der Waals surface area contributed by atoms with Gasteiger partial charge in [-0.2, -0.15) is 0 Å². The van der Waals surface area contributed by atoms with Gasteiger partial charge < -0.3 is 15.2 Å². The molecule has 0 fully saturated rings. The van der Waals surface area contributed by atoms with Crippen LogP contribution in [0.3, 0.4) is 0 Å². The molecule has 0 heterocycles. The van der Waals surface area contributed by atoms with E-state index in [-0.39, 0.29) is 18.5 Å². The van der Waals surface area contributed by atoms with E-state index in [4.69, 9.17) is 4.74 Å². The molecule has 0 spiro atoms.